The summed E-state index contributed by atoms with van der Waals surface area (Å²) in [5, 5.41) is 15.5. The first kappa shape index (κ1) is 11.1. The second-order valence-electron chi connectivity index (χ2n) is 3.32. The van der Waals surface area contributed by atoms with Crippen LogP contribution < -0.4 is 5.32 Å². The van der Waals surface area contributed by atoms with Gasteiger partial charge in [0.05, 0.1) is 12.2 Å². The van der Waals surface area contributed by atoms with Gasteiger partial charge < -0.3 is 14.9 Å². The van der Waals surface area contributed by atoms with Crippen LogP contribution in [0.25, 0.3) is 0 Å². The predicted octanol–water partition coefficient (Wildman–Crippen LogP) is 1.08. The number of rotatable bonds is 4. The number of carboxylic acid groups (broad SMARTS) is 1. The summed E-state index contributed by atoms with van der Waals surface area (Å²) in [6.45, 7) is 1.98. The van der Waals surface area contributed by atoms with Crippen molar-refractivity contribution in [2.45, 2.75) is 13.5 Å². The third-order valence-electron chi connectivity index (χ3n) is 2.05. The average Bonchev–Trinajstić information content (AvgIpc) is 2.73. The number of aromatic carboxylic acids is 1. The van der Waals surface area contributed by atoms with Crippen molar-refractivity contribution in [3.63, 3.8) is 0 Å². The number of nitrogens with one attached hydrogen (secondary N) is 1. The molecule has 0 unspecified atom stereocenters. The molecular weight excluding hydrogens is 224 g/mol. The summed E-state index contributed by atoms with van der Waals surface area (Å²) in [5.41, 5.74) is 0.562. The molecule has 2 heterocycles. The molecule has 2 N–H and O–H groups in total. The van der Waals surface area contributed by atoms with E-state index in [2.05, 4.69) is 20.4 Å². The molecule has 0 spiro atoms. The first-order valence-corrected chi connectivity index (χ1v) is 4.87. The standard InChI is InChI=1S/C10H10N4O3/c1-6-13-9(17-14-6)5-12-8-2-3-11-4-7(8)10(15)16/h2-4H,5H2,1H3,(H,11,12)(H,15,16). The average molecular weight is 234 g/mol. The highest BCUT2D eigenvalue weighted by molar-refractivity contribution is 5.93. The maximum atomic E-state index is 10.9. The molecule has 0 amide bonds. The lowest BCUT2D eigenvalue weighted by atomic mass is 10.2. The molecule has 0 aliphatic carbocycles. The SMILES string of the molecule is Cc1noc(CNc2ccncc2C(=O)O)n1. The van der Waals surface area contributed by atoms with Gasteiger partial charge in [0.1, 0.15) is 5.56 Å². The number of aromatic nitrogens is 3. The first-order chi connectivity index (χ1) is 8.16. The maximum Gasteiger partial charge on any atom is 0.339 e. The molecule has 0 saturated carbocycles. The molecule has 17 heavy (non-hydrogen) atoms. The van der Waals surface area contributed by atoms with E-state index in [-0.39, 0.29) is 12.1 Å². The summed E-state index contributed by atoms with van der Waals surface area (Å²) in [5.74, 6) is -0.104. The Morgan fingerprint density at radius 1 is 1.59 bits per heavy atom. The van der Waals surface area contributed by atoms with E-state index in [9.17, 15) is 4.79 Å². The third-order valence-corrected chi connectivity index (χ3v) is 2.05. The van der Waals surface area contributed by atoms with Crippen molar-refractivity contribution in [1.82, 2.24) is 15.1 Å². The van der Waals surface area contributed by atoms with Gasteiger partial charge in [0.25, 0.3) is 0 Å². The number of hydrogen-bond donors (Lipinski definition) is 2. The van der Waals surface area contributed by atoms with Crippen LogP contribution in [-0.2, 0) is 6.54 Å². The fourth-order valence-corrected chi connectivity index (χ4v) is 1.30. The fraction of sp³-hybridized carbons (Fsp3) is 0.200. The van der Waals surface area contributed by atoms with Crippen LogP contribution in [0.4, 0.5) is 5.69 Å². The Hall–Kier alpha value is -2.44. The highest BCUT2D eigenvalue weighted by Gasteiger charge is 2.10. The van der Waals surface area contributed by atoms with Gasteiger partial charge in [-0.1, -0.05) is 5.16 Å². The molecule has 0 radical (unpaired) electrons. The summed E-state index contributed by atoms with van der Waals surface area (Å²) >= 11 is 0. The highest BCUT2D eigenvalue weighted by atomic mass is 16.5. The van der Waals surface area contributed by atoms with Crippen molar-refractivity contribution < 1.29 is 14.4 Å². The first-order valence-electron chi connectivity index (χ1n) is 4.87. The van der Waals surface area contributed by atoms with Crippen LogP contribution in [0, 0.1) is 6.92 Å². The predicted molar refractivity (Wildman–Crippen MR) is 57.6 cm³/mol. The Bertz CT molecular complexity index is 538. The molecule has 88 valence electrons. The van der Waals surface area contributed by atoms with E-state index in [0.29, 0.717) is 17.4 Å². The number of anilines is 1. The zero-order valence-corrected chi connectivity index (χ0v) is 9.04. The molecule has 0 aromatic carbocycles. The van der Waals surface area contributed by atoms with Crippen LogP contribution in [0.5, 0.6) is 0 Å². The third kappa shape index (κ3) is 2.57. The summed E-state index contributed by atoms with van der Waals surface area (Å²) < 4.78 is 4.90. The zero-order chi connectivity index (χ0) is 12.3. The van der Waals surface area contributed by atoms with E-state index in [1.165, 1.54) is 12.4 Å². The summed E-state index contributed by atoms with van der Waals surface area (Å²) in [7, 11) is 0. The molecule has 2 aromatic rings. The van der Waals surface area contributed by atoms with Gasteiger partial charge in [-0.2, -0.15) is 4.98 Å². The second-order valence-corrected chi connectivity index (χ2v) is 3.32. The molecule has 7 nitrogen and oxygen atoms in total. The van der Waals surface area contributed by atoms with Crippen molar-refractivity contribution in [3.8, 4) is 0 Å². The lowest BCUT2D eigenvalue weighted by molar-refractivity contribution is 0.0697. The molecule has 2 rings (SSSR count). The largest absolute Gasteiger partial charge is 0.478 e. The number of nitrogens with zero attached hydrogens (tertiary/aromatic N) is 3. The van der Waals surface area contributed by atoms with Crippen LogP contribution in [0.2, 0.25) is 0 Å². The molecule has 0 fully saturated rings. The van der Waals surface area contributed by atoms with Crippen LogP contribution in [0.3, 0.4) is 0 Å². The van der Waals surface area contributed by atoms with E-state index in [1.807, 2.05) is 0 Å². The molecule has 0 saturated heterocycles. The molecule has 0 aliphatic heterocycles. The van der Waals surface area contributed by atoms with Crippen molar-refractivity contribution in [2.24, 2.45) is 0 Å². The maximum absolute atomic E-state index is 10.9. The Labute approximate surface area is 96.5 Å². The Kier molecular flexibility index (Phi) is 2.99. The van der Waals surface area contributed by atoms with E-state index < -0.39 is 5.97 Å². The highest BCUT2D eigenvalue weighted by Crippen LogP contribution is 2.14. The Morgan fingerprint density at radius 2 is 2.41 bits per heavy atom. The van der Waals surface area contributed by atoms with Gasteiger partial charge in [-0.05, 0) is 13.0 Å². The van der Waals surface area contributed by atoms with Crippen LogP contribution in [0.1, 0.15) is 22.1 Å². The minimum atomic E-state index is -1.04. The topological polar surface area (TPSA) is 101 Å². The normalized spacial score (nSPS) is 10.2. The fourth-order valence-electron chi connectivity index (χ4n) is 1.30. The molecule has 0 bridgehead atoms. The molecule has 2 aromatic heterocycles. The van der Waals surface area contributed by atoms with Crippen molar-refractivity contribution in [1.29, 1.82) is 0 Å². The Morgan fingerprint density at radius 3 is 3.06 bits per heavy atom. The smallest absolute Gasteiger partial charge is 0.339 e. The lowest BCUT2D eigenvalue weighted by Crippen LogP contribution is -2.07. The summed E-state index contributed by atoms with van der Waals surface area (Å²) in [6, 6.07) is 1.58. The van der Waals surface area contributed by atoms with Gasteiger partial charge in [0, 0.05) is 12.4 Å². The molecule has 0 atom stereocenters. The number of aryl methyl sites for hydroxylation is 1. The van der Waals surface area contributed by atoms with Gasteiger partial charge in [-0.25, -0.2) is 4.79 Å². The number of pyridine rings is 1. The number of hydrogen-bond acceptors (Lipinski definition) is 6. The summed E-state index contributed by atoms with van der Waals surface area (Å²) in [4.78, 5) is 18.7. The summed E-state index contributed by atoms with van der Waals surface area (Å²) in [6.07, 6.45) is 2.79. The van der Waals surface area contributed by atoms with Crippen molar-refractivity contribution in [3.05, 3.63) is 35.7 Å². The minimum absolute atomic E-state index is 0.101. The zero-order valence-electron chi connectivity index (χ0n) is 9.04. The van der Waals surface area contributed by atoms with Crippen molar-refractivity contribution >= 4 is 11.7 Å². The van der Waals surface area contributed by atoms with Crippen LogP contribution in [-0.4, -0.2) is 26.2 Å². The van der Waals surface area contributed by atoms with Crippen LogP contribution in [0.15, 0.2) is 23.0 Å². The lowest BCUT2D eigenvalue weighted by Gasteiger charge is -2.05. The minimum Gasteiger partial charge on any atom is -0.478 e. The Balaban J connectivity index is 2.11. The molecule has 0 aliphatic rings. The number of carboxylic acids is 1. The molecule has 7 heteroatoms. The van der Waals surface area contributed by atoms with Gasteiger partial charge in [0.2, 0.25) is 5.89 Å². The van der Waals surface area contributed by atoms with E-state index in [1.54, 1.807) is 13.0 Å². The van der Waals surface area contributed by atoms with E-state index >= 15 is 0 Å². The van der Waals surface area contributed by atoms with Crippen molar-refractivity contribution in [2.75, 3.05) is 5.32 Å². The van der Waals surface area contributed by atoms with E-state index in [0.717, 1.165) is 0 Å². The monoisotopic (exact) mass is 234 g/mol. The van der Waals surface area contributed by atoms with Gasteiger partial charge in [-0.15, -0.1) is 0 Å². The quantitative estimate of drug-likeness (QED) is 0.816. The van der Waals surface area contributed by atoms with E-state index in [4.69, 9.17) is 9.63 Å². The van der Waals surface area contributed by atoms with Gasteiger partial charge in [0.15, 0.2) is 5.82 Å². The molecular formula is C10H10N4O3. The number of carbonyl (C=O) groups is 1. The second kappa shape index (κ2) is 4.60. The van der Waals surface area contributed by atoms with Gasteiger partial charge in [-0.3, -0.25) is 4.98 Å². The van der Waals surface area contributed by atoms with Crippen LogP contribution >= 0.6 is 0 Å². The van der Waals surface area contributed by atoms with Gasteiger partial charge >= 0.3 is 5.97 Å².